The van der Waals surface area contributed by atoms with E-state index >= 15 is 0 Å². The molecular formula is C13H9ClN2O2. The predicted octanol–water partition coefficient (Wildman–Crippen LogP) is 3.66. The molecule has 2 rings (SSSR count). The first-order valence-corrected chi connectivity index (χ1v) is 5.55. The third kappa shape index (κ3) is 2.38. The van der Waals surface area contributed by atoms with Crippen LogP contribution >= 0.6 is 11.6 Å². The van der Waals surface area contributed by atoms with Crippen LogP contribution < -0.4 is 0 Å². The van der Waals surface area contributed by atoms with Crippen molar-refractivity contribution in [3.8, 4) is 0 Å². The van der Waals surface area contributed by atoms with Crippen molar-refractivity contribution < 1.29 is 4.92 Å². The summed E-state index contributed by atoms with van der Waals surface area (Å²) in [5.74, 6) is 0. The van der Waals surface area contributed by atoms with Gasteiger partial charge in [0.25, 0.3) is 5.69 Å². The number of benzene rings is 2. The van der Waals surface area contributed by atoms with Crippen molar-refractivity contribution in [2.24, 2.45) is 0 Å². The molecule has 0 radical (unpaired) electrons. The molecule has 18 heavy (non-hydrogen) atoms. The summed E-state index contributed by atoms with van der Waals surface area (Å²) < 4.78 is 0. The summed E-state index contributed by atoms with van der Waals surface area (Å²) in [6, 6.07) is 13.0. The Morgan fingerprint density at radius 2 is 1.83 bits per heavy atom. The minimum atomic E-state index is -0.502. The van der Waals surface area contributed by atoms with Gasteiger partial charge in [-0.3, -0.25) is 15.5 Å². The second kappa shape index (κ2) is 4.98. The molecule has 1 N–H and O–H groups in total. The number of nitro benzene ring substituents is 1. The Labute approximate surface area is 108 Å². The molecule has 0 saturated heterocycles. The molecule has 2 aromatic rings. The Hall–Kier alpha value is -2.20. The van der Waals surface area contributed by atoms with Crippen molar-refractivity contribution in [3.05, 3.63) is 74.8 Å². The molecular weight excluding hydrogens is 252 g/mol. The fourth-order valence-electron chi connectivity index (χ4n) is 1.58. The first kappa shape index (κ1) is 12.3. The lowest BCUT2D eigenvalue weighted by Crippen LogP contribution is -2.03. The third-order valence-corrected chi connectivity index (χ3v) is 2.82. The first-order chi connectivity index (χ1) is 8.59. The summed E-state index contributed by atoms with van der Waals surface area (Å²) in [4.78, 5) is 10.2. The van der Waals surface area contributed by atoms with Crippen LogP contribution in [0.25, 0.3) is 0 Å². The van der Waals surface area contributed by atoms with Gasteiger partial charge in [-0.05, 0) is 6.07 Å². The number of nitro groups is 1. The zero-order valence-corrected chi connectivity index (χ0v) is 10.0. The summed E-state index contributed by atoms with van der Waals surface area (Å²) in [6.45, 7) is 0. The van der Waals surface area contributed by atoms with Gasteiger partial charge in [-0.25, -0.2) is 0 Å². The Morgan fingerprint density at radius 3 is 2.44 bits per heavy atom. The van der Waals surface area contributed by atoms with Crippen LogP contribution in [0.15, 0.2) is 48.5 Å². The summed E-state index contributed by atoms with van der Waals surface area (Å²) in [6.07, 6.45) is 0. The molecule has 0 unspecified atom stereocenters. The second-order valence-corrected chi connectivity index (χ2v) is 4.07. The van der Waals surface area contributed by atoms with E-state index in [9.17, 15) is 10.1 Å². The lowest BCUT2D eigenvalue weighted by atomic mass is 10.0. The molecule has 0 amide bonds. The third-order valence-electron chi connectivity index (χ3n) is 2.49. The molecule has 0 heterocycles. The molecule has 0 fully saturated rings. The number of non-ortho nitro benzene ring substituents is 1. The topological polar surface area (TPSA) is 67.0 Å². The van der Waals surface area contributed by atoms with E-state index in [1.54, 1.807) is 24.3 Å². The smallest absolute Gasteiger partial charge is 0.270 e. The molecule has 0 aliphatic rings. The summed E-state index contributed by atoms with van der Waals surface area (Å²) in [5.41, 5.74) is 1.12. The minimum absolute atomic E-state index is 0.0740. The Bertz CT molecular complexity index is 612. The Morgan fingerprint density at radius 1 is 1.17 bits per heavy atom. The normalized spacial score (nSPS) is 10.1. The van der Waals surface area contributed by atoms with Crippen LogP contribution in [0.4, 0.5) is 5.69 Å². The average molecular weight is 261 g/mol. The number of nitrogens with one attached hydrogen (secondary N) is 1. The van der Waals surface area contributed by atoms with Crippen molar-refractivity contribution in [2.75, 3.05) is 0 Å². The number of hydrogen-bond acceptors (Lipinski definition) is 3. The maximum Gasteiger partial charge on any atom is 0.270 e. The largest absolute Gasteiger partial charge is 0.300 e. The number of halogens is 1. The number of nitrogens with zero attached hydrogens (tertiary/aromatic N) is 1. The van der Waals surface area contributed by atoms with Crippen LogP contribution in [0, 0.1) is 15.5 Å². The monoisotopic (exact) mass is 260 g/mol. The highest BCUT2D eigenvalue weighted by Crippen LogP contribution is 2.24. The van der Waals surface area contributed by atoms with Crippen LogP contribution in [-0.4, -0.2) is 10.6 Å². The minimum Gasteiger partial charge on any atom is -0.300 e. The summed E-state index contributed by atoms with van der Waals surface area (Å²) in [7, 11) is 0. The molecule has 4 nitrogen and oxygen atoms in total. The van der Waals surface area contributed by atoms with E-state index in [2.05, 4.69) is 0 Å². The van der Waals surface area contributed by atoms with Gasteiger partial charge in [-0.15, -0.1) is 0 Å². The van der Waals surface area contributed by atoms with Crippen LogP contribution in [0.5, 0.6) is 0 Å². The standard InChI is InChI=1S/C13H9ClN2O2/c14-12-7-6-10(16(17)18)8-11(12)13(15)9-4-2-1-3-5-9/h1-8,15H. The highest BCUT2D eigenvalue weighted by atomic mass is 35.5. The molecule has 90 valence electrons. The van der Waals surface area contributed by atoms with Gasteiger partial charge in [0.1, 0.15) is 0 Å². The van der Waals surface area contributed by atoms with Gasteiger partial charge in [0.2, 0.25) is 0 Å². The number of rotatable bonds is 3. The molecule has 0 aliphatic heterocycles. The van der Waals surface area contributed by atoms with Crippen molar-refractivity contribution >= 4 is 23.0 Å². The summed E-state index contributed by atoms with van der Waals surface area (Å²) >= 11 is 5.98. The van der Waals surface area contributed by atoms with Gasteiger partial charge in [-0.1, -0.05) is 41.9 Å². The Kier molecular flexibility index (Phi) is 3.39. The van der Waals surface area contributed by atoms with Gasteiger partial charge in [0.15, 0.2) is 0 Å². The summed E-state index contributed by atoms with van der Waals surface area (Å²) in [5, 5.41) is 19.1. The predicted molar refractivity (Wildman–Crippen MR) is 70.5 cm³/mol. The van der Waals surface area contributed by atoms with Gasteiger partial charge in [0.05, 0.1) is 15.7 Å². The van der Waals surface area contributed by atoms with Crippen LogP contribution in [-0.2, 0) is 0 Å². The van der Waals surface area contributed by atoms with Crippen molar-refractivity contribution in [3.63, 3.8) is 0 Å². The molecule has 0 aliphatic carbocycles. The molecule has 0 saturated carbocycles. The molecule has 2 aromatic carbocycles. The average Bonchev–Trinajstić information content (AvgIpc) is 2.39. The van der Waals surface area contributed by atoms with E-state index in [1.807, 2.05) is 6.07 Å². The van der Waals surface area contributed by atoms with Gasteiger partial charge in [0, 0.05) is 23.3 Å². The quantitative estimate of drug-likeness (QED) is 0.520. The molecule has 0 aromatic heterocycles. The van der Waals surface area contributed by atoms with Crippen LogP contribution in [0.1, 0.15) is 11.1 Å². The zero-order chi connectivity index (χ0) is 13.1. The van der Waals surface area contributed by atoms with E-state index in [0.717, 1.165) is 0 Å². The van der Waals surface area contributed by atoms with Crippen LogP contribution in [0.2, 0.25) is 5.02 Å². The van der Waals surface area contributed by atoms with E-state index in [-0.39, 0.29) is 11.4 Å². The lowest BCUT2D eigenvalue weighted by Gasteiger charge is -2.06. The highest BCUT2D eigenvalue weighted by molar-refractivity contribution is 6.35. The maximum atomic E-state index is 10.7. The molecule has 0 atom stereocenters. The van der Waals surface area contributed by atoms with E-state index in [1.165, 1.54) is 18.2 Å². The first-order valence-electron chi connectivity index (χ1n) is 5.18. The van der Waals surface area contributed by atoms with E-state index < -0.39 is 4.92 Å². The zero-order valence-electron chi connectivity index (χ0n) is 9.26. The fourth-order valence-corrected chi connectivity index (χ4v) is 1.79. The van der Waals surface area contributed by atoms with Crippen molar-refractivity contribution in [2.45, 2.75) is 0 Å². The van der Waals surface area contributed by atoms with E-state index in [0.29, 0.717) is 16.1 Å². The SMILES string of the molecule is N=C(c1ccccc1)c1cc([N+](=O)[O-])ccc1Cl. The van der Waals surface area contributed by atoms with Crippen molar-refractivity contribution in [1.82, 2.24) is 0 Å². The van der Waals surface area contributed by atoms with Crippen LogP contribution in [0.3, 0.4) is 0 Å². The van der Waals surface area contributed by atoms with Gasteiger partial charge in [-0.2, -0.15) is 0 Å². The maximum absolute atomic E-state index is 10.7. The van der Waals surface area contributed by atoms with Crippen molar-refractivity contribution in [1.29, 1.82) is 5.41 Å². The fraction of sp³-hybridized carbons (Fsp3) is 0. The number of hydrogen-bond donors (Lipinski definition) is 1. The lowest BCUT2D eigenvalue weighted by molar-refractivity contribution is -0.384. The van der Waals surface area contributed by atoms with E-state index in [4.69, 9.17) is 17.0 Å². The molecule has 5 heteroatoms. The van der Waals surface area contributed by atoms with Gasteiger partial charge < -0.3 is 0 Å². The highest BCUT2D eigenvalue weighted by Gasteiger charge is 2.14. The molecule has 0 bridgehead atoms. The second-order valence-electron chi connectivity index (χ2n) is 3.66. The Balaban J connectivity index is 2.48. The van der Waals surface area contributed by atoms with Gasteiger partial charge >= 0.3 is 0 Å². The molecule has 0 spiro atoms.